The Bertz CT molecular complexity index is 495. The van der Waals surface area contributed by atoms with Crippen LogP contribution in [-0.2, 0) is 0 Å². The Labute approximate surface area is 102 Å². The standard InChI is InChI=1S/C6H5F2N.C6H7FN2/c7-5-2-1-4(9)3-6(5)8;7-5-3-4(8)1-2-6(5)9/h1-3H,9H2;1-3H,8-9H2. The van der Waals surface area contributed by atoms with Gasteiger partial charge in [0, 0.05) is 11.4 Å². The molecule has 0 atom stereocenters. The number of rotatable bonds is 0. The van der Waals surface area contributed by atoms with Crippen molar-refractivity contribution in [1.29, 1.82) is 0 Å². The monoisotopic (exact) mass is 255 g/mol. The van der Waals surface area contributed by atoms with E-state index in [9.17, 15) is 13.2 Å². The number of halogens is 3. The third-order valence-corrected chi connectivity index (χ3v) is 1.97. The molecule has 0 unspecified atom stereocenters. The molecular weight excluding hydrogens is 243 g/mol. The molecule has 6 heteroatoms. The van der Waals surface area contributed by atoms with E-state index in [4.69, 9.17) is 17.2 Å². The van der Waals surface area contributed by atoms with E-state index in [1.807, 2.05) is 0 Å². The lowest BCUT2D eigenvalue weighted by molar-refractivity contribution is 0.509. The molecule has 0 radical (unpaired) electrons. The van der Waals surface area contributed by atoms with Crippen LogP contribution in [0.5, 0.6) is 0 Å². The van der Waals surface area contributed by atoms with Crippen LogP contribution in [0.1, 0.15) is 0 Å². The number of benzene rings is 2. The minimum absolute atomic E-state index is 0.129. The van der Waals surface area contributed by atoms with Gasteiger partial charge in [0.05, 0.1) is 5.69 Å². The highest BCUT2D eigenvalue weighted by molar-refractivity contribution is 5.49. The van der Waals surface area contributed by atoms with Gasteiger partial charge in [-0.25, -0.2) is 13.2 Å². The first-order valence-electron chi connectivity index (χ1n) is 4.91. The lowest BCUT2D eigenvalue weighted by Crippen LogP contribution is -1.92. The Morgan fingerprint density at radius 3 is 1.50 bits per heavy atom. The molecule has 6 N–H and O–H groups in total. The predicted octanol–water partition coefficient (Wildman–Crippen LogP) is 2.54. The van der Waals surface area contributed by atoms with E-state index in [0.717, 1.165) is 12.1 Å². The van der Waals surface area contributed by atoms with Gasteiger partial charge >= 0.3 is 0 Å². The zero-order valence-electron chi connectivity index (χ0n) is 9.33. The van der Waals surface area contributed by atoms with E-state index in [0.29, 0.717) is 5.69 Å². The third-order valence-electron chi connectivity index (χ3n) is 1.97. The molecule has 3 nitrogen and oxygen atoms in total. The average molecular weight is 255 g/mol. The molecule has 0 heterocycles. The highest BCUT2D eigenvalue weighted by Crippen LogP contribution is 2.12. The fraction of sp³-hybridized carbons (Fsp3) is 0. The van der Waals surface area contributed by atoms with Gasteiger partial charge in [0.15, 0.2) is 11.6 Å². The van der Waals surface area contributed by atoms with Crippen molar-refractivity contribution in [3.63, 3.8) is 0 Å². The molecule has 96 valence electrons. The molecule has 0 saturated heterocycles. The van der Waals surface area contributed by atoms with Crippen LogP contribution in [0.4, 0.5) is 30.2 Å². The van der Waals surface area contributed by atoms with E-state index >= 15 is 0 Å². The number of hydrogen-bond acceptors (Lipinski definition) is 3. The minimum atomic E-state index is -0.907. The number of nitrogens with two attached hydrogens (primary N) is 3. The lowest BCUT2D eigenvalue weighted by Gasteiger charge is -1.95. The predicted molar refractivity (Wildman–Crippen MR) is 66.0 cm³/mol. The van der Waals surface area contributed by atoms with Gasteiger partial charge < -0.3 is 17.2 Å². The molecule has 0 aliphatic rings. The first kappa shape index (κ1) is 13.7. The average Bonchev–Trinajstić information content (AvgIpc) is 2.30. The molecule has 0 aliphatic carbocycles. The summed E-state index contributed by atoms with van der Waals surface area (Å²) in [5, 5.41) is 0. The van der Waals surface area contributed by atoms with Crippen LogP contribution in [0.3, 0.4) is 0 Å². The molecule has 0 bridgehead atoms. The van der Waals surface area contributed by atoms with Crippen molar-refractivity contribution < 1.29 is 13.2 Å². The second-order valence-corrected chi connectivity index (χ2v) is 3.45. The third kappa shape index (κ3) is 3.89. The maximum absolute atomic E-state index is 12.4. The molecular formula is C12H12F3N3. The smallest absolute Gasteiger partial charge is 0.160 e. The molecule has 18 heavy (non-hydrogen) atoms. The van der Waals surface area contributed by atoms with Gasteiger partial charge in [-0.1, -0.05) is 0 Å². The van der Waals surface area contributed by atoms with E-state index in [2.05, 4.69) is 0 Å². The van der Waals surface area contributed by atoms with Crippen LogP contribution in [0.15, 0.2) is 36.4 Å². The largest absolute Gasteiger partial charge is 0.399 e. The highest BCUT2D eigenvalue weighted by atomic mass is 19.2. The molecule has 2 aromatic carbocycles. The van der Waals surface area contributed by atoms with Crippen LogP contribution < -0.4 is 17.2 Å². The van der Waals surface area contributed by atoms with Gasteiger partial charge in [0.1, 0.15) is 5.82 Å². The first-order valence-corrected chi connectivity index (χ1v) is 4.91. The summed E-state index contributed by atoms with van der Waals surface area (Å²) in [5.74, 6) is -2.24. The van der Waals surface area contributed by atoms with Gasteiger partial charge in [-0.05, 0) is 36.4 Å². The van der Waals surface area contributed by atoms with Crippen LogP contribution in [0.25, 0.3) is 0 Å². The Morgan fingerprint density at radius 2 is 1.11 bits per heavy atom. The van der Waals surface area contributed by atoms with Crippen LogP contribution in [-0.4, -0.2) is 0 Å². The van der Waals surface area contributed by atoms with E-state index in [-0.39, 0.29) is 11.4 Å². The summed E-state index contributed by atoms with van der Waals surface area (Å²) in [7, 11) is 0. The normalized spacial score (nSPS) is 9.50. The molecule has 2 aromatic rings. The van der Waals surface area contributed by atoms with Crippen molar-refractivity contribution >= 4 is 17.1 Å². The lowest BCUT2D eigenvalue weighted by atomic mass is 10.3. The number of anilines is 3. The Morgan fingerprint density at radius 1 is 0.611 bits per heavy atom. The van der Waals surface area contributed by atoms with Crippen molar-refractivity contribution in [2.24, 2.45) is 0 Å². The Balaban J connectivity index is 0.000000180. The van der Waals surface area contributed by atoms with Crippen LogP contribution >= 0.6 is 0 Å². The van der Waals surface area contributed by atoms with Crippen molar-refractivity contribution in [3.05, 3.63) is 53.8 Å². The summed E-state index contributed by atoms with van der Waals surface area (Å²) < 4.78 is 36.6. The first-order chi connectivity index (χ1) is 8.40. The maximum atomic E-state index is 12.4. The summed E-state index contributed by atoms with van der Waals surface area (Å²) in [5.41, 5.74) is 16.3. The van der Waals surface area contributed by atoms with Crippen molar-refractivity contribution in [3.8, 4) is 0 Å². The van der Waals surface area contributed by atoms with Crippen molar-refractivity contribution in [2.45, 2.75) is 0 Å². The topological polar surface area (TPSA) is 78.1 Å². The fourth-order valence-corrected chi connectivity index (χ4v) is 1.06. The summed E-state index contributed by atoms with van der Waals surface area (Å²) in [6, 6.07) is 7.41. The molecule has 0 fully saturated rings. The maximum Gasteiger partial charge on any atom is 0.160 e. The second-order valence-electron chi connectivity index (χ2n) is 3.45. The zero-order chi connectivity index (χ0) is 13.7. The summed E-state index contributed by atoms with van der Waals surface area (Å²) >= 11 is 0. The molecule has 0 saturated carbocycles. The van der Waals surface area contributed by atoms with Gasteiger partial charge in [0.2, 0.25) is 0 Å². The van der Waals surface area contributed by atoms with Gasteiger partial charge in [-0.15, -0.1) is 0 Å². The number of hydrogen-bond donors (Lipinski definition) is 3. The fourth-order valence-electron chi connectivity index (χ4n) is 1.06. The SMILES string of the molecule is Nc1ccc(F)c(F)c1.Nc1ccc(N)c(F)c1. The van der Waals surface area contributed by atoms with Crippen LogP contribution in [0.2, 0.25) is 0 Å². The Kier molecular flexibility index (Phi) is 4.42. The molecule has 0 spiro atoms. The molecule has 0 amide bonds. The summed E-state index contributed by atoms with van der Waals surface area (Å²) in [4.78, 5) is 0. The van der Waals surface area contributed by atoms with E-state index < -0.39 is 17.5 Å². The number of nitrogen functional groups attached to an aromatic ring is 3. The molecule has 0 aliphatic heterocycles. The van der Waals surface area contributed by atoms with E-state index in [1.165, 1.54) is 18.2 Å². The summed E-state index contributed by atoms with van der Waals surface area (Å²) in [6.07, 6.45) is 0. The molecule has 2 rings (SSSR count). The van der Waals surface area contributed by atoms with Gasteiger partial charge in [-0.2, -0.15) is 0 Å². The zero-order valence-corrected chi connectivity index (χ0v) is 9.33. The molecule has 0 aromatic heterocycles. The van der Waals surface area contributed by atoms with Gasteiger partial charge in [-0.3, -0.25) is 0 Å². The van der Waals surface area contributed by atoms with Crippen molar-refractivity contribution in [1.82, 2.24) is 0 Å². The van der Waals surface area contributed by atoms with Crippen LogP contribution in [0, 0.1) is 17.5 Å². The highest BCUT2D eigenvalue weighted by Gasteiger charge is 1.98. The van der Waals surface area contributed by atoms with Gasteiger partial charge in [0.25, 0.3) is 0 Å². The Hall–Kier alpha value is -2.37. The quantitative estimate of drug-likeness (QED) is 0.633. The summed E-state index contributed by atoms with van der Waals surface area (Å²) in [6.45, 7) is 0. The van der Waals surface area contributed by atoms with Crippen molar-refractivity contribution in [2.75, 3.05) is 17.2 Å². The minimum Gasteiger partial charge on any atom is -0.399 e. The second kappa shape index (κ2) is 5.81. The van der Waals surface area contributed by atoms with E-state index in [1.54, 1.807) is 6.07 Å².